The number of amides is 1. The SMILES string of the molecule is CCCS(=O)(=O)N1CCN(C(=O)c2sc3c(c2OC)CCCC3)CC1. The van der Waals surface area contributed by atoms with Gasteiger partial charge in [0.05, 0.1) is 12.9 Å². The van der Waals surface area contributed by atoms with E-state index in [1.54, 1.807) is 23.3 Å². The summed E-state index contributed by atoms with van der Waals surface area (Å²) >= 11 is 1.55. The lowest BCUT2D eigenvalue weighted by atomic mass is 9.98. The summed E-state index contributed by atoms with van der Waals surface area (Å²) in [6.07, 6.45) is 4.91. The molecule has 0 unspecified atom stereocenters. The first kappa shape index (κ1) is 18.7. The molecule has 0 bridgehead atoms. The molecule has 0 aromatic carbocycles. The Morgan fingerprint density at radius 1 is 1.16 bits per heavy atom. The second kappa shape index (κ2) is 7.63. The molecular formula is C17H26N2O4S2. The van der Waals surface area contributed by atoms with E-state index in [9.17, 15) is 13.2 Å². The molecule has 1 aromatic heterocycles. The third-order valence-corrected chi connectivity index (χ3v) is 8.24. The fourth-order valence-corrected chi connectivity index (χ4v) is 6.41. The van der Waals surface area contributed by atoms with Crippen LogP contribution in [0.15, 0.2) is 0 Å². The lowest BCUT2D eigenvalue weighted by Gasteiger charge is -2.33. The van der Waals surface area contributed by atoms with E-state index in [-0.39, 0.29) is 11.7 Å². The highest BCUT2D eigenvalue weighted by molar-refractivity contribution is 7.89. The molecule has 2 heterocycles. The Morgan fingerprint density at radius 2 is 1.84 bits per heavy atom. The first-order valence-corrected chi connectivity index (χ1v) is 11.4. The largest absolute Gasteiger partial charge is 0.495 e. The minimum atomic E-state index is -3.19. The third-order valence-electron chi connectivity index (χ3n) is 4.90. The first-order valence-electron chi connectivity index (χ1n) is 8.93. The van der Waals surface area contributed by atoms with Crippen LogP contribution in [0.4, 0.5) is 0 Å². The molecule has 1 amide bonds. The zero-order valence-electron chi connectivity index (χ0n) is 14.9. The van der Waals surface area contributed by atoms with Crippen LogP contribution in [-0.2, 0) is 22.9 Å². The summed E-state index contributed by atoms with van der Waals surface area (Å²) in [4.78, 5) is 16.7. The molecule has 25 heavy (non-hydrogen) atoms. The van der Waals surface area contributed by atoms with Crippen molar-refractivity contribution in [2.45, 2.75) is 39.0 Å². The topological polar surface area (TPSA) is 66.9 Å². The van der Waals surface area contributed by atoms with Gasteiger partial charge in [0.15, 0.2) is 0 Å². The van der Waals surface area contributed by atoms with Crippen molar-refractivity contribution in [1.82, 2.24) is 9.21 Å². The van der Waals surface area contributed by atoms with Gasteiger partial charge >= 0.3 is 0 Å². The Bertz CT molecular complexity index is 734. The normalized spacial score (nSPS) is 18.9. The number of ether oxygens (including phenoxy) is 1. The highest BCUT2D eigenvalue weighted by Gasteiger charge is 2.32. The fraction of sp³-hybridized carbons (Fsp3) is 0.706. The number of nitrogens with zero attached hydrogens (tertiary/aromatic N) is 2. The van der Waals surface area contributed by atoms with Crippen LogP contribution in [0.5, 0.6) is 5.75 Å². The minimum absolute atomic E-state index is 0.0243. The average molecular weight is 387 g/mol. The number of fused-ring (bicyclic) bond motifs is 1. The zero-order valence-corrected chi connectivity index (χ0v) is 16.5. The molecule has 0 N–H and O–H groups in total. The first-order chi connectivity index (χ1) is 12.0. The number of carbonyl (C=O) groups is 1. The monoisotopic (exact) mass is 386 g/mol. The quantitative estimate of drug-likeness (QED) is 0.778. The molecule has 0 atom stereocenters. The Labute approximate surface area is 153 Å². The van der Waals surface area contributed by atoms with Crippen LogP contribution in [0, 0.1) is 0 Å². The van der Waals surface area contributed by atoms with E-state index >= 15 is 0 Å². The van der Waals surface area contributed by atoms with Crippen LogP contribution in [-0.4, -0.2) is 62.6 Å². The van der Waals surface area contributed by atoms with E-state index in [0.717, 1.165) is 31.4 Å². The lowest BCUT2D eigenvalue weighted by Crippen LogP contribution is -2.50. The predicted molar refractivity (Wildman–Crippen MR) is 99.1 cm³/mol. The second-order valence-corrected chi connectivity index (χ2v) is 9.77. The fourth-order valence-electron chi connectivity index (χ4n) is 3.59. The summed E-state index contributed by atoms with van der Waals surface area (Å²) in [6.45, 7) is 3.49. The van der Waals surface area contributed by atoms with E-state index < -0.39 is 10.0 Å². The van der Waals surface area contributed by atoms with Gasteiger partial charge in [-0.2, -0.15) is 4.31 Å². The summed E-state index contributed by atoms with van der Waals surface area (Å²) in [5.74, 6) is 0.890. The molecule has 0 saturated carbocycles. The molecule has 8 heteroatoms. The summed E-state index contributed by atoms with van der Waals surface area (Å²) < 4.78 is 31.4. The molecule has 1 aliphatic heterocycles. The molecular weight excluding hydrogens is 360 g/mol. The summed E-state index contributed by atoms with van der Waals surface area (Å²) in [7, 11) is -1.56. The number of thiophene rings is 1. The van der Waals surface area contributed by atoms with Crippen molar-refractivity contribution in [2.75, 3.05) is 39.0 Å². The zero-order chi connectivity index (χ0) is 18.0. The highest BCUT2D eigenvalue weighted by atomic mass is 32.2. The van der Waals surface area contributed by atoms with Gasteiger partial charge in [-0.05, 0) is 32.1 Å². The van der Waals surface area contributed by atoms with Gasteiger partial charge in [0, 0.05) is 36.6 Å². The van der Waals surface area contributed by atoms with Crippen molar-refractivity contribution in [2.24, 2.45) is 0 Å². The van der Waals surface area contributed by atoms with Crippen LogP contribution in [0.25, 0.3) is 0 Å². The van der Waals surface area contributed by atoms with Gasteiger partial charge in [-0.3, -0.25) is 4.79 Å². The van der Waals surface area contributed by atoms with Crippen molar-refractivity contribution >= 4 is 27.3 Å². The van der Waals surface area contributed by atoms with Crippen LogP contribution < -0.4 is 4.74 Å². The van der Waals surface area contributed by atoms with E-state index in [4.69, 9.17) is 4.74 Å². The number of sulfonamides is 1. The van der Waals surface area contributed by atoms with Crippen LogP contribution in [0.3, 0.4) is 0 Å². The van der Waals surface area contributed by atoms with Crippen molar-refractivity contribution in [3.05, 3.63) is 15.3 Å². The molecule has 6 nitrogen and oxygen atoms in total. The highest BCUT2D eigenvalue weighted by Crippen LogP contribution is 2.40. The summed E-state index contributed by atoms with van der Waals surface area (Å²) in [5, 5.41) is 0. The molecule has 3 rings (SSSR count). The maximum atomic E-state index is 13.0. The van der Waals surface area contributed by atoms with Crippen LogP contribution in [0.1, 0.15) is 46.3 Å². The number of methoxy groups -OCH3 is 1. The molecule has 2 aliphatic rings. The van der Waals surface area contributed by atoms with Crippen molar-refractivity contribution < 1.29 is 17.9 Å². The molecule has 1 aromatic rings. The molecule has 1 saturated heterocycles. The van der Waals surface area contributed by atoms with E-state index in [0.29, 0.717) is 37.5 Å². The van der Waals surface area contributed by atoms with Gasteiger partial charge in [-0.15, -0.1) is 11.3 Å². The maximum absolute atomic E-state index is 13.0. The predicted octanol–water partition coefficient (Wildman–Crippen LogP) is 2.13. The second-order valence-electron chi connectivity index (χ2n) is 6.58. The molecule has 140 valence electrons. The number of hydrogen-bond donors (Lipinski definition) is 0. The van der Waals surface area contributed by atoms with Gasteiger partial charge in [-0.25, -0.2) is 8.42 Å². The Morgan fingerprint density at radius 3 is 2.48 bits per heavy atom. The Kier molecular flexibility index (Phi) is 5.70. The van der Waals surface area contributed by atoms with Gasteiger partial charge in [0.1, 0.15) is 10.6 Å². The number of aryl methyl sites for hydroxylation is 1. The van der Waals surface area contributed by atoms with Crippen LogP contribution in [0.2, 0.25) is 0 Å². The van der Waals surface area contributed by atoms with Crippen LogP contribution >= 0.6 is 11.3 Å². The van der Waals surface area contributed by atoms with Gasteiger partial charge < -0.3 is 9.64 Å². The number of rotatable bonds is 5. The third kappa shape index (κ3) is 3.71. The van der Waals surface area contributed by atoms with E-state index in [1.807, 2.05) is 6.92 Å². The van der Waals surface area contributed by atoms with Crippen molar-refractivity contribution in [3.8, 4) is 5.75 Å². The summed E-state index contributed by atoms with van der Waals surface area (Å²) in [6, 6.07) is 0. The lowest BCUT2D eigenvalue weighted by molar-refractivity contribution is 0.0699. The number of carbonyl (C=O) groups excluding carboxylic acids is 1. The van der Waals surface area contributed by atoms with E-state index in [2.05, 4.69) is 0 Å². The Hall–Kier alpha value is -1.12. The maximum Gasteiger partial charge on any atom is 0.267 e. The molecule has 0 radical (unpaired) electrons. The smallest absolute Gasteiger partial charge is 0.267 e. The standard InChI is InChI=1S/C17H26N2O4S2/c1-3-12-25(21,22)19-10-8-18(9-11-19)17(20)16-15(23-2)13-6-4-5-7-14(13)24-16/h3-12H2,1-2H3. The molecule has 1 aliphatic carbocycles. The summed E-state index contributed by atoms with van der Waals surface area (Å²) in [5.41, 5.74) is 1.20. The minimum Gasteiger partial charge on any atom is -0.495 e. The van der Waals surface area contributed by atoms with Crippen molar-refractivity contribution in [3.63, 3.8) is 0 Å². The van der Waals surface area contributed by atoms with Gasteiger partial charge in [0.2, 0.25) is 10.0 Å². The van der Waals surface area contributed by atoms with Crippen molar-refractivity contribution in [1.29, 1.82) is 0 Å². The number of piperazine rings is 1. The molecule has 0 spiro atoms. The number of hydrogen-bond acceptors (Lipinski definition) is 5. The average Bonchev–Trinajstić information content (AvgIpc) is 2.99. The molecule has 1 fully saturated rings. The Balaban J connectivity index is 1.72. The van der Waals surface area contributed by atoms with E-state index in [1.165, 1.54) is 14.7 Å². The van der Waals surface area contributed by atoms with Gasteiger partial charge in [0.25, 0.3) is 5.91 Å². The van der Waals surface area contributed by atoms with Gasteiger partial charge in [-0.1, -0.05) is 6.92 Å².